The van der Waals surface area contributed by atoms with Gasteiger partial charge in [0.15, 0.2) is 0 Å². The van der Waals surface area contributed by atoms with E-state index in [4.69, 9.17) is 0 Å². The first-order valence-corrected chi connectivity index (χ1v) is 6.95. The van der Waals surface area contributed by atoms with Crippen molar-refractivity contribution in [3.63, 3.8) is 0 Å². The van der Waals surface area contributed by atoms with Gasteiger partial charge < -0.3 is 10.2 Å². The monoisotopic (exact) mass is 249 g/mol. The van der Waals surface area contributed by atoms with Crippen LogP contribution in [0.1, 0.15) is 13.8 Å². The first-order valence-electron chi connectivity index (χ1n) is 5.40. The van der Waals surface area contributed by atoms with Crippen LogP contribution < -0.4 is 10.0 Å². The molecular weight excluding hydrogens is 230 g/mol. The van der Waals surface area contributed by atoms with Crippen molar-refractivity contribution in [2.75, 3.05) is 32.7 Å². The number of hydrogen-bond acceptors (Lipinski definition) is 4. The van der Waals surface area contributed by atoms with E-state index in [2.05, 4.69) is 10.0 Å². The summed E-state index contributed by atoms with van der Waals surface area (Å²) in [6.07, 6.45) is 0. The Morgan fingerprint density at radius 3 is 2.44 bits per heavy atom. The van der Waals surface area contributed by atoms with E-state index in [1.807, 2.05) is 0 Å². The summed E-state index contributed by atoms with van der Waals surface area (Å²) in [6.45, 7) is 5.84. The Bertz CT molecular complexity index is 334. The van der Waals surface area contributed by atoms with Crippen molar-refractivity contribution in [2.45, 2.75) is 19.1 Å². The number of rotatable bonds is 4. The van der Waals surface area contributed by atoms with Crippen molar-refractivity contribution in [1.29, 1.82) is 0 Å². The van der Waals surface area contributed by atoms with Gasteiger partial charge in [0.05, 0.1) is 11.8 Å². The van der Waals surface area contributed by atoms with Crippen molar-refractivity contribution in [3.05, 3.63) is 0 Å². The van der Waals surface area contributed by atoms with Crippen molar-refractivity contribution in [3.8, 4) is 0 Å². The predicted molar refractivity (Wildman–Crippen MR) is 61.5 cm³/mol. The first-order chi connectivity index (χ1) is 7.43. The highest BCUT2D eigenvalue weighted by Crippen LogP contribution is 1.97. The Hall–Kier alpha value is -0.660. The zero-order chi connectivity index (χ0) is 12.2. The van der Waals surface area contributed by atoms with Crippen molar-refractivity contribution in [1.82, 2.24) is 14.9 Å². The SMILES string of the molecule is CC(C)S(=O)(=O)NCC(=O)N1CCNCC1. The van der Waals surface area contributed by atoms with Gasteiger partial charge in [-0.1, -0.05) is 0 Å². The minimum atomic E-state index is -3.35. The number of amides is 1. The van der Waals surface area contributed by atoms with Crippen LogP contribution in [-0.2, 0) is 14.8 Å². The van der Waals surface area contributed by atoms with E-state index in [0.29, 0.717) is 13.1 Å². The summed E-state index contributed by atoms with van der Waals surface area (Å²) in [7, 11) is -3.35. The molecule has 1 aliphatic rings. The molecule has 1 aliphatic heterocycles. The van der Waals surface area contributed by atoms with E-state index in [0.717, 1.165) is 13.1 Å². The number of hydrogen-bond donors (Lipinski definition) is 2. The zero-order valence-corrected chi connectivity index (χ0v) is 10.5. The molecule has 0 aromatic carbocycles. The number of carbonyl (C=O) groups is 1. The molecule has 0 aliphatic carbocycles. The van der Waals surface area contributed by atoms with E-state index in [-0.39, 0.29) is 12.5 Å². The predicted octanol–water partition coefficient (Wildman–Crippen LogP) is -1.25. The molecule has 0 spiro atoms. The average molecular weight is 249 g/mol. The van der Waals surface area contributed by atoms with Crippen molar-refractivity contribution >= 4 is 15.9 Å². The molecule has 0 aromatic heterocycles. The highest BCUT2D eigenvalue weighted by molar-refractivity contribution is 7.90. The van der Waals surface area contributed by atoms with Crippen LogP contribution >= 0.6 is 0 Å². The van der Waals surface area contributed by atoms with Crippen LogP contribution in [0.15, 0.2) is 0 Å². The molecule has 0 atom stereocenters. The second kappa shape index (κ2) is 5.60. The molecule has 0 bridgehead atoms. The quantitative estimate of drug-likeness (QED) is 0.652. The van der Waals surface area contributed by atoms with E-state index in [1.54, 1.807) is 18.7 Å². The van der Waals surface area contributed by atoms with Crippen LogP contribution in [0.4, 0.5) is 0 Å². The molecule has 2 N–H and O–H groups in total. The van der Waals surface area contributed by atoms with Gasteiger partial charge in [0, 0.05) is 26.2 Å². The summed E-state index contributed by atoms with van der Waals surface area (Å²) in [6, 6.07) is 0. The Kier molecular flexibility index (Phi) is 4.69. The second-order valence-corrected chi connectivity index (χ2v) is 6.37. The lowest BCUT2D eigenvalue weighted by Crippen LogP contribution is -2.50. The summed E-state index contributed by atoms with van der Waals surface area (Å²) in [5, 5.41) is 2.62. The van der Waals surface area contributed by atoms with Crippen molar-refractivity contribution < 1.29 is 13.2 Å². The Morgan fingerprint density at radius 2 is 1.94 bits per heavy atom. The van der Waals surface area contributed by atoms with Crippen LogP contribution in [0, 0.1) is 0 Å². The highest BCUT2D eigenvalue weighted by Gasteiger charge is 2.20. The van der Waals surface area contributed by atoms with Crippen LogP contribution in [0.25, 0.3) is 0 Å². The van der Waals surface area contributed by atoms with E-state index in [9.17, 15) is 13.2 Å². The fraction of sp³-hybridized carbons (Fsp3) is 0.889. The Labute approximate surface area is 96.4 Å². The van der Waals surface area contributed by atoms with Gasteiger partial charge in [-0.05, 0) is 13.8 Å². The molecule has 0 unspecified atom stereocenters. The van der Waals surface area contributed by atoms with Crippen LogP contribution in [0.2, 0.25) is 0 Å². The fourth-order valence-electron chi connectivity index (χ4n) is 1.36. The van der Waals surface area contributed by atoms with E-state index < -0.39 is 15.3 Å². The second-order valence-electron chi connectivity index (χ2n) is 4.05. The zero-order valence-electron chi connectivity index (χ0n) is 9.69. The van der Waals surface area contributed by atoms with Gasteiger partial charge in [-0.15, -0.1) is 0 Å². The lowest BCUT2D eigenvalue weighted by Gasteiger charge is -2.27. The fourth-order valence-corrected chi connectivity index (χ4v) is 2.01. The molecule has 1 saturated heterocycles. The summed E-state index contributed by atoms with van der Waals surface area (Å²) >= 11 is 0. The van der Waals surface area contributed by atoms with Gasteiger partial charge in [-0.2, -0.15) is 0 Å². The minimum Gasteiger partial charge on any atom is -0.339 e. The number of carbonyl (C=O) groups excluding carboxylic acids is 1. The van der Waals surface area contributed by atoms with E-state index >= 15 is 0 Å². The molecule has 16 heavy (non-hydrogen) atoms. The molecule has 0 saturated carbocycles. The summed E-state index contributed by atoms with van der Waals surface area (Å²) in [5.41, 5.74) is 0. The van der Waals surface area contributed by atoms with Gasteiger partial charge in [0.25, 0.3) is 0 Å². The van der Waals surface area contributed by atoms with Gasteiger partial charge in [0.1, 0.15) is 0 Å². The van der Waals surface area contributed by atoms with Gasteiger partial charge in [-0.3, -0.25) is 4.79 Å². The summed E-state index contributed by atoms with van der Waals surface area (Å²) in [4.78, 5) is 13.3. The van der Waals surface area contributed by atoms with Crippen LogP contribution in [-0.4, -0.2) is 57.2 Å². The van der Waals surface area contributed by atoms with Gasteiger partial charge in [0.2, 0.25) is 15.9 Å². The Balaban J connectivity index is 2.40. The molecule has 1 amide bonds. The first kappa shape index (κ1) is 13.4. The largest absolute Gasteiger partial charge is 0.339 e. The normalized spacial score (nSPS) is 17.8. The number of sulfonamides is 1. The molecular formula is C9H19N3O3S. The summed E-state index contributed by atoms with van der Waals surface area (Å²) in [5.74, 6) is -0.161. The number of nitrogens with zero attached hydrogens (tertiary/aromatic N) is 1. The molecule has 1 heterocycles. The molecule has 1 rings (SSSR count). The molecule has 94 valence electrons. The molecule has 0 radical (unpaired) electrons. The number of piperazine rings is 1. The minimum absolute atomic E-state index is 0.138. The standard InChI is InChI=1S/C9H19N3O3S/c1-8(2)16(14,15)11-7-9(13)12-5-3-10-4-6-12/h8,10-11H,3-7H2,1-2H3. The maximum absolute atomic E-state index is 11.6. The molecule has 6 nitrogen and oxygen atoms in total. The van der Waals surface area contributed by atoms with Crippen LogP contribution in [0.3, 0.4) is 0 Å². The molecule has 7 heteroatoms. The summed E-state index contributed by atoms with van der Waals surface area (Å²) < 4.78 is 25.2. The smallest absolute Gasteiger partial charge is 0.237 e. The average Bonchev–Trinajstić information content (AvgIpc) is 2.27. The Morgan fingerprint density at radius 1 is 1.38 bits per heavy atom. The van der Waals surface area contributed by atoms with Gasteiger partial charge in [-0.25, -0.2) is 13.1 Å². The van der Waals surface area contributed by atoms with Crippen LogP contribution in [0.5, 0.6) is 0 Å². The van der Waals surface area contributed by atoms with Crippen molar-refractivity contribution in [2.24, 2.45) is 0 Å². The van der Waals surface area contributed by atoms with Gasteiger partial charge >= 0.3 is 0 Å². The third-order valence-electron chi connectivity index (χ3n) is 2.51. The third kappa shape index (κ3) is 3.73. The maximum Gasteiger partial charge on any atom is 0.237 e. The maximum atomic E-state index is 11.6. The molecule has 1 fully saturated rings. The highest BCUT2D eigenvalue weighted by atomic mass is 32.2. The lowest BCUT2D eigenvalue weighted by atomic mass is 10.3. The lowest BCUT2D eigenvalue weighted by molar-refractivity contribution is -0.130. The number of nitrogens with one attached hydrogen (secondary N) is 2. The topological polar surface area (TPSA) is 78.5 Å². The third-order valence-corrected chi connectivity index (χ3v) is 4.30. The molecule has 0 aromatic rings. The van der Waals surface area contributed by atoms with E-state index in [1.165, 1.54) is 0 Å².